The molecule has 2 aromatic rings. The number of hydrogen-bond donors (Lipinski definition) is 1. The molecule has 43 heavy (non-hydrogen) atoms. The minimum absolute atomic E-state index is 0.0100. The van der Waals surface area contributed by atoms with Crippen molar-refractivity contribution in [3.63, 3.8) is 0 Å². The van der Waals surface area contributed by atoms with Crippen LogP contribution >= 0.6 is 0 Å². The molecule has 1 aliphatic heterocycles. The van der Waals surface area contributed by atoms with E-state index < -0.39 is 43.0 Å². The predicted octanol–water partition coefficient (Wildman–Crippen LogP) is 4.58. The zero-order valence-electron chi connectivity index (χ0n) is 24.9. The second-order valence-corrected chi connectivity index (χ2v) is 11.2. The number of esters is 1. The molecule has 2 heterocycles. The van der Waals surface area contributed by atoms with Crippen LogP contribution in [0.4, 0.5) is 13.6 Å². The van der Waals surface area contributed by atoms with Gasteiger partial charge < -0.3 is 38.9 Å². The summed E-state index contributed by atoms with van der Waals surface area (Å²) in [4.78, 5) is 45.6. The standard InChI is InChI=1S/C29H38F2N4O8/c1-15(2)27(37)40-18(5)41-29(38)35-11-10-34(13-16(35)3)26(36)23-24(17(4)32)43-25(33-23)20-8-9-21(42-28(30)31)22(12-20)39-14-19-6-7-19/h8-9,12,15-19,28H,6-7,10-11,13-14,32H2,1-5H3/t16-,17+,18?/m1/s1. The minimum Gasteiger partial charge on any atom is -0.489 e. The lowest BCUT2D eigenvalue weighted by Crippen LogP contribution is -2.56. The summed E-state index contributed by atoms with van der Waals surface area (Å²) in [6, 6.07) is 3.20. The highest BCUT2D eigenvalue weighted by Gasteiger charge is 2.35. The highest BCUT2D eigenvalue weighted by molar-refractivity contribution is 5.94. The smallest absolute Gasteiger partial charge is 0.413 e. The number of amides is 2. The van der Waals surface area contributed by atoms with Gasteiger partial charge in [0.2, 0.25) is 12.2 Å². The first-order valence-electron chi connectivity index (χ1n) is 14.3. The molecule has 1 aromatic heterocycles. The Labute approximate surface area is 248 Å². The maximum atomic E-state index is 13.6. The van der Waals surface area contributed by atoms with Gasteiger partial charge in [-0.15, -0.1) is 0 Å². The van der Waals surface area contributed by atoms with E-state index in [-0.39, 0.29) is 54.4 Å². The fourth-order valence-corrected chi connectivity index (χ4v) is 4.45. The molecular weight excluding hydrogens is 570 g/mol. The minimum atomic E-state index is -3.03. The van der Waals surface area contributed by atoms with E-state index in [9.17, 15) is 23.2 Å². The zero-order valence-corrected chi connectivity index (χ0v) is 24.9. The van der Waals surface area contributed by atoms with Gasteiger partial charge in [0.15, 0.2) is 23.0 Å². The van der Waals surface area contributed by atoms with Gasteiger partial charge in [-0.05, 0) is 50.8 Å². The van der Waals surface area contributed by atoms with E-state index in [0.29, 0.717) is 18.1 Å². The van der Waals surface area contributed by atoms with Crippen molar-refractivity contribution >= 4 is 18.0 Å². The number of carbonyl (C=O) groups excluding carboxylic acids is 3. The van der Waals surface area contributed by atoms with Crippen molar-refractivity contribution in [3.05, 3.63) is 29.7 Å². The van der Waals surface area contributed by atoms with Gasteiger partial charge in [-0.1, -0.05) is 13.8 Å². The van der Waals surface area contributed by atoms with Crippen LogP contribution in [0.15, 0.2) is 22.6 Å². The van der Waals surface area contributed by atoms with Crippen LogP contribution in [0.5, 0.6) is 11.5 Å². The molecular formula is C29H38F2N4O8. The number of rotatable bonds is 11. The molecule has 1 aliphatic carbocycles. The third-order valence-corrected chi connectivity index (χ3v) is 7.02. The Bertz CT molecular complexity index is 1310. The van der Waals surface area contributed by atoms with Crippen LogP contribution in [0.25, 0.3) is 11.5 Å². The van der Waals surface area contributed by atoms with E-state index in [1.807, 2.05) is 0 Å². The van der Waals surface area contributed by atoms with Crippen molar-refractivity contribution in [2.45, 2.75) is 72.4 Å². The molecule has 1 saturated carbocycles. The van der Waals surface area contributed by atoms with E-state index in [1.54, 1.807) is 27.7 Å². The van der Waals surface area contributed by atoms with Gasteiger partial charge in [0.25, 0.3) is 5.91 Å². The van der Waals surface area contributed by atoms with Gasteiger partial charge in [-0.3, -0.25) is 9.59 Å². The summed E-state index contributed by atoms with van der Waals surface area (Å²) < 4.78 is 52.6. The van der Waals surface area contributed by atoms with Crippen LogP contribution in [0.3, 0.4) is 0 Å². The lowest BCUT2D eigenvalue weighted by atomic mass is 10.1. The highest BCUT2D eigenvalue weighted by atomic mass is 19.3. The summed E-state index contributed by atoms with van der Waals surface area (Å²) in [6.45, 7) is 6.08. The molecule has 0 bridgehead atoms. The van der Waals surface area contributed by atoms with E-state index in [0.717, 1.165) is 12.8 Å². The molecule has 1 aromatic carbocycles. The molecule has 12 nitrogen and oxygen atoms in total. The molecule has 0 spiro atoms. The Morgan fingerprint density at radius 1 is 1.09 bits per heavy atom. The molecule has 1 unspecified atom stereocenters. The van der Waals surface area contributed by atoms with Crippen LogP contribution in [-0.2, 0) is 14.3 Å². The molecule has 14 heteroatoms. The van der Waals surface area contributed by atoms with Crippen molar-refractivity contribution in [1.82, 2.24) is 14.8 Å². The van der Waals surface area contributed by atoms with E-state index >= 15 is 0 Å². The number of nitrogens with zero attached hydrogens (tertiary/aromatic N) is 3. The highest BCUT2D eigenvalue weighted by Crippen LogP contribution is 2.37. The molecule has 236 valence electrons. The number of hydrogen-bond acceptors (Lipinski definition) is 10. The van der Waals surface area contributed by atoms with Crippen LogP contribution in [0.2, 0.25) is 0 Å². The first-order valence-corrected chi connectivity index (χ1v) is 14.3. The number of halogens is 2. The van der Waals surface area contributed by atoms with Gasteiger partial charge in [0, 0.05) is 38.2 Å². The number of nitrogens with two attached hydrogens (primary N) is 1. The first kappa shape index (κ1) is 32.0. The first-order chi connectivity index (χ1) is 20.3. The van der Waals surface area contributed by atoms with Crippen LogP contribution in [0, 0.1) is 11.8 Å². The maximum absolute atomic E-state index is 13.6. The van der Waals surface area contributed by atoms with Gasteiger partial charge in [0.05, 0.1) is 18.6 Å². The number of aromatic nitrogens is 1. The number of benzene rings is 1. The Kier molecular flexibility index (Phi) is 10.1. The topological polar surface area (TPSA) is 147 Å². The zero-order chi connectivity index (χ0) is 31.4. The van der Waals surface area contributed by atoms with Crippen LogP contribution < -0.4 is 15.2 Å². The summed E-state index contributed by atoms with van der Waals surface area (Å²) in [6.07, 6.45) is 0.290. The number of oxazole rings is 1. The average molecular weight is 609 g/mol. The number of alkyl halides is 2. The van der Waals surface area contributed by atoms with Crippen LogP contribution in [0.1, 0.15) is 69.8 Å². The lowest BCUT2D eigenvalue weighted by molar-refractivity contribution is -0.170. The predicted molar refractivity (Wildman–Crippen MR) is 148 cm³/mol. The van der Waals surface area contributed by atoms with Gasteiger partial charge in [-0.2, -0.15) is 8.78 Å². The molecule has 2 aliphatic rings. The van der Waals surface area contributed by atoms with E-state index in [2.05, 4.69) is 9.72 Å². The quantitative estimate of drug-likeness (QED) is 0.284. The summed E-state index contributed by atoms with van der Waals surface area (Å²) in [7, 11) is 0. The average Bonchev–Trinajstić information content (AvgIpc) is 3.66. The second kappa shape index (κ2) is 13.6. The van der Waals surface area contributed by atoms with Crippen molar-refractivity contribution < 1.29 is 46.5 Å². The number of piperazine rings is 1. The van der Waals surface area contributed by atoms with Gasteiger partial charge >= 0.3 is 18.7 Å². The second-order valence-electron chi connectivity index (χ2n) is 11.2. The fraction of sp³-hybridized carbons (Fsp3) is 0.586. The lowest BCUT2D eigenvalue weighted by Gasteiger charge is -2.39. The molecule has 3 atom stereocenters. The number of carbonyl (C=O) groups is 3. The number of ether oxygens (including phenoxy) is 4. The van der Waals surface area contributed by atoms with Gasteiger partial charge in [0.1, 0.15) is 0 Å². The molecule has 2 fully saturated rings. The van der Waals surface area contributed by atoms with Crippen LogP contribution in [-0.4, -0.2) is 77.9 Å². The Balaban J connectivity index is 1.47. The molecule has 4 rings (SSSR count). The largest absolute Gasteiger partial charge is 0.489 e. The molecule has 2 N–H and O–H groups in total. The van der Waals surface area contributed by atoms with E-state index in [1.165, 1.54) is 34.9 Å². The molecule has 1 saturated heterocycles. The monoisotopic (exact) mass is 608 g/mol. The summed E-state index contributed by atoms with van der Waals surface area (Å²) in [5, 5.41) is 0. The fourth-order valence-electron chi connectivity index (χ4n) is 4.45. The maximum Gasteiger partial charge on any atom is 0.413 e. The normalized spacial score (nSPS) is 18.4. The Morgan fingerprint density at radius 3 is 2.42 bits per heavy atom. The van der Waals surface area contributed by atoms with Crippen molar-refractivity contribution in [1.29, 1.82) is 0 Å². The summed E-state index contributed by atoms with van der Waals surface area (Å²) >= 11 is 0. The van der Waals surface area contributed by atoms with Crippen molar-refractivity contribution in [2.75, 3.05) is 26.2 Å². The summed E-state index contributed by atoms with van der Waals surface area (Å²) in [5.41, 5.74) is 6.52. The van der Waals surface area contributed by atoms with Crippen molar-refractivity contribution in [3.8, 4) is 23.0 Å². The van der Waals surface area contributed by atoms with Crippen molar-refractivity contribution in [2.24, 2.45) is 17.6 Å². The Morgan fingerprint density at radius 2 is 1.81 bits per heavy atom. The van der Waals surface area contributed by atoms with Gasteiger partial charge in [-0.25, -0.2) is 9.78 Å². The molecule has 0 radical (unpaired) electrons. The van der Waals surface area contributed by atoms with E-state index in [4.69, 9.17) is 24.4 Å². The SMILES string of the molecule is CC(OC(=O)C(C)C)OC(=O)N1CCN(C(=O)c2nc(-c3ccc(OC(F)F)c(OCC4CC4)c3)oc2[C@H](C)N)C[C@H]1C. The third kappa shape index (κ3) is 8.12. The third-order valence-electron chi connectivity index (χ3n) is 7.02. The molecule has 2 amide bonds. The summed E-state index contributed by atoms with van der Waals surface area (Å²) in [5.74, 6) is -0.705. The Hall–Kier alpha value is -3.94.